The number of hydrogen-bond donors (Lipinski definition) is 2. The number of nitrogen functional groups attached to an aromatic ring is 1. The number of benzene rings is 1. The van der Waals surface area contributed by atoms with Gasteiger partial charge in [0, 0.05) is 19.3 Å². The molecule has 0 aliphatic heterocycles. The minimum absolute atomic E-state index is 0.0179. The molecule has 1 aromatic heterocycles. The maximum absolute atomic E-state index is 7.56. The summed E-state index contributed by atoms with van der Waals surface area (Å²) in [6.45, 7) is 3.66. The highest BCUT2D eigenvalue weighted by Crippen LogP contribution is 2.11. The number of hydrogen-bond acceptors (Lipinski definition) is 3. The van der Waals surface area contributed by atoms with Crippen LogP contribution in [0.15, 0.2) is 42.6 Å². The standard InChI is InChI=1S/C16H20N4/c1-12-5-7-13(8-6-12)10-20(2)11-14-4-3-9-19-15(14)16(17)18/h3-9H,10-11H2,1-2H3,(H3,17,18). The molecule has 0 aliphatic carbocycles. The molecule has 0 spiro atoms. The topological polar surface area (TPSA) is 66.0 Å². The highest BCUT2D eigenvalue weighted by molar-refractivity contribution is 5.94. The molecule has 1 aromatic carbocycles. The minimum Gasteiger partial charge on any atom is -0.382 e. The Morgan fingerprint density at radius 2 is 1.90 bits per heavy atom. The van der Waals surface area contributed by atoms with Crippen LogP contribution in [0.2, 0.25) is 0 Å². The van der Waals surface area contributed by atoms with E-state index in [2.05, 4.69) is 48.1 Å². The Morgan fingerprint density at radius 1 is 1.20 bits per heavy atom. The number of nitrogens with two attached hydrogens (primary N) is 1. The third-order valence-corrected chi connectivity index (χ3v) is 3.16. The zero-order valence-corrected chi connectivity index (χ0v) is 11.9. The predicted octanol–water partition coefficient (Wildman–Crippen LogP) is 2.31. The van der Waals surface area contributed by atoms with Crippen LogP contribution in [0, 0.1) is 12.3 Å². The van der Waals surface area contributed by atoms with Crippen LogP contribution < -0.4 is 5.73 Å². The number of pyridine rings is 1. The number of rotatable bonds is 5. The fourth-order valence-electron chi connectivity index (χ4n) is 2.16. The maximum Gasteiger partial charge on any atom is 0.142 e. The third-order valence-electron chi connectivity index (χ3n) is 3.16. The Labute approximate surface area is 119 Å². The molecule has 0 unspecified atom stereocenters. The lowest BCUT2D eigenvalue weighted by Gasteiger charge is -2.18. The van der Waals surface area contributed by atoms with Crippen LogP contribution in [-0.4, -0.2) is 22.8 Å². The fraction of sp³-hybridized carbons (Fsp3) is 0.250. The van der Waals surface area contributed by atoms with Gasteiger partial charge in [0.1, 0.15) is 11.5 Å². The second-order valence-electron chi connectivity index (χ2n) is 5.08. The van der Waals surface area contributed by atoms with E-state index in [4.69, 9.17) is 11.1 Å². The monoisotopic (exact) mass is 268 g/mol. The van der Waals surface area contributed by atoms with Crippen molar-refractivity contribution in [1.29, 1.82) is 5.41 Å². The van der Waals surface area contributed by atoms with E-state index in [-0.39, 0.29) is 5.84 Å². The first-order valence-corrected chi connectivity index (χ1v) is 6.58. The molecule has 0 saturated heterocycles. The summed E-state index contributed by atoms with van der Waals surface area (Å²) in [5, 5.41) is 7.56. The van der Waals surface area contributed by atoms with Crippen LogP contribution in [-0.2, 0) is 13.1 Å². The Balaban J connectivity index is 2.06. The van der Waals surface area contributed by atoms with Crippen molar-refractivity contribution in [2.45, 2.75) is 20.0 Å². The number of aryl methyl sites for hydroxylation is 1. The van der Waals surface area contributed by atoms with E-state index in [1.165, 1.54) is 11.1 Å². The Hall–Kier alpha value is -2.20. The predicted molar refractivity (Wildman–Crippen MR) is 81.6 cm³/mol. The molecular formula is C16H20N4. The van der Waals surface area contributed by atoms with Gasteiger partial charge in [0.05, 0.1) is 0 Å². The summed E-state index contributed by atoms with van der Waals surface area (Å²) < 4.78 is 0. The van der Waals surface area contributed by atoms with Crippen LogP contribution in [0.25, 0.3) is 0 Å². The van der Waals surface area contributed by atoms with Crippen LogP contribution in [0.5, 0.6) is 0 Å². The molecule has 0 aliphatic rings. The Bertz CT molecular complexity index is 590. The SMILES string of the molecule is Cc1ccc(CN(C)Cc2cccnc2C(=N)N)cc1. The first kappa shape index (κ1) is 14.2. The van der Waals surface area contributed by atoms with E-state index < -0.39 is 0 Å². The van der Waals surface area contributed by atoms with Crippen LogP contribution in [0.1, 0.15) is 22.4 Å². The molecule has 3 N–H and O–H groups in total. The van der Waals surface area contributed by atoms with Crippen molar-refractivity contribution >= 4 is 5.84 Å². The van der Waals surface area contributed by atoms with Gasteiger partial charge in [-0.05, 0) is 31.2 Å². The quantitative estimate of drug-likeness (QED) is 0.646. The molecule has 0 saturated carbocycles. The lowest BCUT2D eigenvalue weighted by molar-refractivity contribution is 0.318. The molecule has 1 heterocycles. The summed E-state index contributed by atoms with van der Waals surface area (Å²) in [5.41, 5.74) is 9.65. The Kier molecular flexibility index (Phi) is 4.48. The number of nitrogens with zero attached hydrogens (tertiary/aromatic N) is 2. The molecular weight excluding hydrogens is 248 g/mol. The highest BCUT2D eigenvalue weighted by Gasteiger charge is 2.09. The van der Waals surface area contributed by atoms with Gasteiger partial charge < -0.3 is 5.73 Å². The van der Waals surface area contributed by atoms with E-state index in [1.807, 2.05) is 12.1 Å². The van der Waals surface area contributed by atoms with Gasteiger partial charge >= 0.3 is 0 Å². The molecule has 4 nitrogen and oxygen atoms in total. The maximum atomic E-state index is 7.56. The van der Waals surface area contributed by atoms with Gasteiger partial charge in [-0.3, -0.25) is 15.3 Å². The molecule has 2 rings (SSSR count). The van der Waals surface area contributed by atoms with E-state index in [1.54, 1.807) is 6.20 Å². The summed E-state index contributed by atoms with van der Waals surface area (Å²) in [6.07, 6.45) is 1.67. The van der Waals surface area contributed by atoms with Gasteiger partial charge in [-0.25, -0.2) is 0 Å². The van der Waals surface area contributed by atoms with Crippen molar-refractivity contribution in [2.75, 3.05) is 7.05 Å². The van der Waals surface area contributed by atoms with Gasteiger partial charge in [0.2, 0.25) is 0 Å². The number of amidine groups is 1. The van der Waals surface area contributed by atoms with Crippen LogP contribution >= 0.6 is 0 Å². The third kappa shape index (κ3) is 3.65. The Morgan fingerprint density at radius 3 is 2.55 bits per heavy atom. The van der Waals surface area contributed by atoms with E-state index in [9.17, 15) is 0 Å². The minimum atomic E-state index is 0.0179. The fourth-order valence-corrected chi connectivity index (χ4v) is 2.16. The average molecular weight is 268 g/mol. The van der Waals surface area contributed by atoms with E-state index >= 15 is 0 Å². The van der Waals surface area contributed by atoms with Crippen LogP contribution in [0.4, 0.5) is 0 Å². The second kappa shape index (κ2) is 6.30. The first-order valence-electron chi connectivity index (χ1n) is 6.58. The molecule has 2 aromatic rings. The van der Waals surface area contributed by atoms with E-state index in [0.717, 1.165) is 18.7 Å². The average Bonchev–Trinajstić information content (AvgIpc) is 2.41. The molecule has 0 fully saturated rings. The molecule has 0 radical (unpaired) electrons. The van der Waals surface area contributed by atoms with Gasteiger partial charge in [-0.15, -0.1) is 0 Å². The van der Waals surface area contributed by atoms with Gasteiger partial charge in [-0.1, -0.05) is 35.9 Å². The summed E-state index contributed by atoms with van der Waals surface area (Å²) in [6, 6.07) is 12.4. The lowest BCUT2D eigenvalue weighted by atomic mass is 10.1. The number of nitrogens with one attached hydrogen (secondary N) is 1. The van der Waals surface area contributed by atoms with Crippen molar-refractivity contribution in [1.82, 2.24) is 9.88 Å². The molecule has 0 amide bonds. The number of aromatic nitrogens is 1. The van der Waals surface area contributed by atoms with Crippen molar-refractivity contribution in [3.63, 3.8) is 0 Å². The second-order valence-corrected chi connectivity index (χ2v) is 5.08. The smallest absolute Gasteiger partial charge is 0.142 e. The van der Waals surface area contributed by atoms with Crippen molar-refractivity contribution in [3.8, 4) is 0 Å². The molecule has 4 heteroatoms. The van der Waals surface area contributed by atoms with Gasteiger partial charge in [0.25, 0.3) is 0 Å². The molecule has 0 atom stereocenters. The van der Waals surface area contributed by atoms with Crippen molar-refractivity contribution < 1.29 is 0 Å². The van der Waals surface area contributed by atoms with Gasteiger partial charge in [0.15, 0.2) is 0 Å². The zero-order chi connectivity index (χ0) is 14.5. The molecule has 20 heavy (non-hydrogen) atoms. The summed E-state index contributed by atoms with van der Waals surface area (Å²) >= 11 is 0. The van der Waals surface area contributed by atoms with Crippen molar-refractivity contribution in [2.24, 2.45) is 5.73 Å². The van der Waals surface area contributed by atoms with Gasteiger partial charge in [-0.2, -0.15) is 0 Å². The summed E-state index contributed by atoms with van der Waals surface area (Å²) in [7, 11) is 2.05. The summed E-state index contributed by atoms with van der Waals surface area (Å²) in [4.78, 5) is 6.36. The first-order chi connectivity index (χ1) is 9.56. The lowest BCUT2D eigenvalue weighted by Crippen LogP contribution is -2.22. The molecule has 0 bridgehead atoms. The summed E-state index contributed by atoms with van der Waals surface area (Å²) in [5.74, 6) is 0.0179. The zero-order valence-electron chi connectivity index (χ0n) is 11.9. The largest absolute Gasteiger partial charge is 0.382 e. The highest BCUT2D eigenvalue weighted by atomic mass is 15.1. The normalized spacial score (nSPS) is 10.8. The van der Waals surface area contributed by atoms with Crippen LogP contribution in [0.3, 0.4) is 0 Å². The molecule has 104 valence electrons. The van der Waals surface area contributed by atoms with E-state index in [0.29, 0.717) is 5.69 Å². The van der Waals surface area contributed by atoms with Crippen molar-refractivity contribution in [3.05, 3.63) is 65.0 Å².